The number of nitrogens with zero attached hydrogens (tertiary/aromatic N) is 1. The Morgan fingerprint density at radius 1 is 1.14 bits per heavy atom. The molecule has 0 atom stereocenters. The molecule has 0 saturated heterocycles. The minimum Gasteiger partial charge on any atom is -0.496 e. The number of nitrogens with two attached hydrogens (primary N) is 1. The third-order valence-electron chi connectivity index (χ3n) is 4.15. The number of nitrogens with one attached hydrogen (secondary N) is 2. The number of guanidine groups is 1. The fourth-order valence-corrected chi connectivity index (χ4v) is 3.17. The van der Waals surface area contributed by atoms with E-state index >= 15 is 0 Å². The molecule has 0 fully saturated rings. The maximum atomic E-state index is 11.3. The van der Waals surface area contributed by atoms with Crippen molar-refractivity contribution in [2.75, 3.05) is 20.2 Å². The summed E-state index contributed by atoms with van der Waals surface area (Å²) < 4.78 is 28.0. The van der Waals surface area contributed by atoms with Crippen molar-refractivity contribution in [3.05, 3.63) is 59.2 Å². The number of hydrogen-bond donors (Lipinski definition) is 3. The highest BCUT2D eigenvalue weighted by molar-refractivity contribution is 14.0. The van der Waals surface area contributed by atoms with Gasteiger partial charge in [-0.1, -0.05) is 24.3 Å². The Morgan fingerprint density at radius 3 is 2.41 bits per heavy atom. The van der Waals surface area contributed by atoms with E-state index in [4.69, 9.17) is 9.88 Å². The molecule has 29 heavy (non-hydrogen) atoms. The summed E-state index contributed by atoms with van der Waals surface area (Å²) in [6, 6.07) is 12.6. The SMILES string of the molecule is CCNC(=NCc1ccc(C)cc1OC)NCCc1ccc(S(N)(=O)=O)cc1.I. The van der Waals surface area contributed by atoms with Crippen LogP contribution in [0, 0.1) is 6.92 Å². The quantitative estimate of drug-likeness (QED) is 0.276. The van der Waals surface area contributed by atoms with Crippen LogP contribution < -0.4 is 20.5 Å². The number of rotatable bonds is 8. The van der Waals surface area contributed by atoms with Crippen molar-refractivity contribution in [3.63, 3.8) is 0 Å². The summed E-state index contributed by atoms with van der Waals surface area (Å²) in [5.74, 6) is 1.54. The maximum Gasteiger partial charge on any atom is 0.238 e. The minimum atomic E-state index is -3.66. The van der Waals surface area contributed by atoms with Gasteiger partial charge in [-0.2, -0.15) is 0 Å². The van der Waals surface area contributed by atoms with E-state index in [1.165, 1.54) is 12.1 Å². The molecule has 160 valence electrons. The molecule has 0 aromatic heterocycles. The molecule has 0 spiro atoms. The smallest absolute Gasteiger partial charge is 0.238 e. The van der Waals surface area contributed by atoms with Gasteiger partial charge >= 0.3 is 0 Å². The van der Waals surface area contributed by atoms with Gasteiger partial charge in [0, 0.05) is 18.7 Å². The van der Waals surface area contributed by atoms with Crippen LogP contribution in [0.4, 0.5) is 0 Å². The number of benzene rings is 2. The molecule has 0 aliphatic heterocycles. The Morgan fingerprint density at radius 2 is 1.83 bits per heavy atom. The largest absolute Gasteiger partial charge is 0.496 e. The molecule has 0 amide bonds. The van der Waals surface area contributed by atoms with E-state index < -0.39 is 10.0 Å². The number of methoxy groups -OCH3 is 1. The van der Waals surface area contributed by atoms with Crippen molar-refractivity contribution >= 4 is 40.0 Å². The van der Waals surface area contributed by atoms with Gasteiger partial charge in [0.15, 0.2) is 5.96 Å². The van der Waals surface area contributed by atoms with Gasteiger partial charge in [0.25, 0.3) is 0 Å². The van der Waals surface area contributed by atoms with Gasteiger partial charge in [0.2, 0.25) is 10.0 Å². The average Bonchev–Trinajstić information content (AvgIpc) is 2.66. The second kappa shape index (κ2) is 12.0. The monoisotopic (exact) mass is 532 g/mol. The summed E-state index contributed by atoms with van der Waals surface area (Å²) in [5, 5.41) is 11.6. The second-order valence-electron chi connectivity index (χ2n) is 6.38. The molecule has 0 heterocycles. The van der Waals surface area contributed by atoms with E-state index in [1.54, 1.807) is 19.2 Å². The summed E-state index contributed by atoms with van der Waals surface area (Å²) in [7, 11) is -2.00. The first-order chi connectivity index (χ1) is 13.3. The molecule has 0 unspecified atom stereocenters. The van der Waals surface area contributed by atoms with Crippen molar-refractivity contribution in [1.29, 1.82) is 0 Å². The van der Waals surface area contributed by atoms with Crippen LogP contribution >= 0.6 is 24.0 Å². The fourth-order valence-electron chi connectivity index (χ4n) is 2.66. The van der Waals surface area contributed by atoms with Crippen LogP contribution in [0.1, 0.15) is 23.6 Å². The second-order valence-corrected chi connectivity index (χ2v) is 7.94. The lowest BCUT2D eigenvalue weighted by Gasteiger charge is -2.12. The molecule has 2 aromatic carbocycles. The first-order valence-corrected chi connectivity index (χ1v) is 10.7. The predicted octanol–water partition coefficient (Wildman–Crippen LogP) is 2.57. The number of ether oxygens (including phenoxy) is 1. The Bertz CT molecular complexity index is 916. The van der Waals surface area contributed by atoms with E-state index in [-0.39, 0.29) is 28.9 Å². The summed E-state index contributed by atoms with van der Waals surface area (Å²) >= 11 is 0. The highest BCUT2D eigenvalue weighted by atomic mass is 127. The van der Waals surface area contributed by atoms with Gasteiger partial charge in [-0.05, 0) is 49.6 Å². The van der Waals surface area contributed by atoms with Crippen molar-refractivity contribution in [2.45, 2.75) is 31.7 Å². The Labute approximate surface area is 190 Å². The van der Waals surface area contributed by atoms with E-state index in [2.05, 4.69) is 15.6 Å². The molecule has 4 N–H and O–H groups in total. The van der Waals surface area contributed by atoms with Gasteiger partial charge in [0.1, 0.15) is 5.75 Å². The minimum absolute atomic E-state index is 0. The van der Waals surface area contributed by atoms with E-state index in [0.717, 1.165) is 35.4 Å². The zero-order chi connectivity index (χ0) is 20.6. The Hall–Kier alpha value is -1.85. The summed E-state index contributed by atoms with van der Waals surface area (Å²) in [5.41, 5.74) is 3.17. The lowest BCUT2D eigenvalue weighted by atomic mass is 10.1. The number of aryl methyl sites for hydroxylation is 1. The van der Waals surface area contributed by atoms with Crippen molar-refractivity contribution in [2.24, 2.45) is 10.1 Å². The van der Waals surface area contributed by atoms with Crippen LogP contribution in [0.2, 0.25) is 0 Å². The van der Waals surface area contributed by atoms with Crippen LogP contribution in [-0.2, 0) is 23.0 Å². The van der Waals surface area contributed by atoms with Gasteiger partial charge in [-0.3, -0.25) is 0 Å². The Balaban J connectivity index is 0.00000420. The predicted molar refractivity (Wildman–Crippen MR) is 127 cm³/mol. The molecule has 7 nitrogen and oxygen atoms in total. The van der Waals surface area contributed by atoms with Crippen molar-refractivity contribution < 1.29 is 13.2 Å². The molecule has 0 saturated carbocycles. The Kier molecular flexibility index (Phi) is 10.4. The van der Waals surface area contributed by atoms with Crippen LogP contribution in [0.15, 0.2) is 52.4 Å². The first-order valence-electron chi connectivity index (χ1n) is 9.11. The molecule has 2 rings (SSSR count). The number of hydrogen-bond acceptors (Lipinski definition) is 4. The summed E-state index contributed by atoms with van der Waals surface area (Å²) in [4.78, 5) is 4.73. The van der Waals surface area contributed by atoms with Gasteiger partial charge < -0.3 is 15.4 Å². The zero-order valence-electron chi connectivity index (χ0n) is 16.9. The normalized spacial score (nSPS) is 11.5. The average molecular weight is 532 g/mol. The fraction of sp³-hybridized carbons (Fsp3) is 0.350. The molecular weight excluding hydrogens is 503 g/mol. The van der Waals surface area contributed by atoms with Gasteiger partial charge in [-0.15, -0.1) is 24.0 Å². The van der Waals surface area contributed by atoms with Gasteiger partial charge in [-0.25, -0.2) is 18.5 Å². The lowest BCUT2D eigenvalue weighted by Crippen LogP contribution is -2.38. The molecular formula is C20H29IN4O3S. The number of primary sulfonamides is 1. The summed E-state index contributed by atoms with van der Waals surface area (Å²) in [6.45, 7) is 5.94. The van der Waals surface area contributed by atoms with Crippen molar-refractivity contribution in [3.8, 4) is 5.75 Å². The lowest BCUT2D eigenvalue weighted by molar-refractivity contribution is 0.409. The number of halogens is 1. The highest BCUT2D eigenvalue weighted by Gasteiger charge is 2.07. The van der Waals surface area contributed by atoms with Crippen LogP contribution in [0.3, 0.4) is 0 Å². The van der Waals surface area contributed by atoms with E-state index in [9.17, 15) is 8.42 Å². The van der Waals surface area contributed by atoms with E-state index in [0.29, 0.717) is 19.0 Å². The number of aliphatic imine (C=N–C) groups is 1. The standard InChI is InChI=1S/C20H28N4O3S.HI/c1-4-22-20(24-14-17-8-5-15(2)13-19(17)27-3)23-12-11-16-6-9-18(10-7-16)28(21,25)26;/h5-10,13H,4,11-12,14H2,1-3H3,(H2,21,25,26)(H2,22,23,24);1H. The van der Waals surface area contributed by atoms with E-state index in [1.807, 2.05) is 32.0 Å². The highest BCUT2D eigenvalue weighted by Crippen LogP contribution is 2.20. The molecule has 0 bridgehead atoms. The molecule has 9 heteroatoms. The van der Waals surface area contributed by atoms with Gasteiger partial charge in [0.05, 0.1) is 18.6 Å². The topological polar surface area (TPSA) is 106 Å². The molecule has 2 aromatic rings. The van der Waals surface area contributed by atoms with Crippen molar-refractivity contribution in [1.82, 2.24) is 10.6 Å². The first kappa shape index (κ1) is 25.2. The van der Waals surface area contributed by atoms with Crippen LogP contribution in [0.5, 0.6) is 5.75 Å². The molecule has 0 radical (unpaired) electrons. The summed E-state index contributed by atoms with van der Waals surface area (Å²) in [6.07, 6.45) is 0.725. The molecule has 0 aliphatic rings. The van der Waals surface area contributed by atoms with Crippen LogP contribution in [-0.4, -0.2) is 34.6 Å². The maximum absolute atomic E-state index is 11.3. The number of sulfonamides is 1. The molecule has 0 aliphatic carbocycles. The third kappa shape index (κ3) is 8.19. The zero-order valence-corrected chi connectivity index (χ0v) is 20.1. The van der Waals surface area contributed by atoms with Crippen LogP contribution in [0.25, 0.3) is 0 Å². The third-order valence-corrected chi connectivity index (χ3v) is 5.08.